The van der Waals surface area contributed by atoms with Crippen molar-refractivity contribution in [3.63, 3.8) is 0 Å². The fourth-order valence-corrected chi connectivity index (χ4v) is 4.66. The van der Waals surface area contributed by atoms with Gasteiger partial charge >= 0.3 is 0 Å². The highest BCUT2D eigenvalue weighted by molar-refractivity contribution is 8.00. The van der Waals surface area contributed by atoms with Gasteiger partial charge in [0.05, 0.1) is 10.1 Å². The molecule has 0 spiro atoms. The third-order valence-electron chi connectivity index (χ3n) is 4.41. The number of benzene rings is 1. The Labute approximate surface area is 160 Å². The summed E-state index contributed by atoms with van der Waals surface area (Å²) in [5.74, 6) is 6.84. The highest BCUT2D eigenvalue weighted by atomic mass is 32.2. The summed E-state index contributed by atoms with van der Waals surface area (Å²) in [5, 5.41) is 10.6. The van der Waals surface area contributed by atoms with E-state index in [0.29, 0.717) is 11.0 Å². The van der Waals surface area contributed by atoms with Crippen molar-refractivity contribution in [2.75, 3.05) is 17.3 Å². The first kappa shape index (κ1) is 17.1. The van der Waals surface area contributed by atoms with Gasteiger partial charge in [-0.15, -0.1) is 21.5 Å². The summed E-state index contributed by atoms with van der Waals surface area (Å²) in [6.45, 7) is 2.64. The molecule has 134 valence electrons. The fourth-order valence-electron chi connectivity index (χ4n) is 3.12. The van der Waals surface area contributed by atoms with Gasteiger partial charge in [-0.3, -0.25) is 4.79 Å². The van der Waals surface area contributed by atoms with Crippen LogP contribution in [0, 0.1) is 0 Å². The van der Waals surface area contributed by atoms with Crippen molar-refractivity contribution in [3.05, 3.63) is 47.3 Å². The fraction of sp³-hybridized carbons (Fsp3) is 0.278. The molecule has 0 saturated heterocycles. The number of rotatable bonds is 4. The zero-order valence-electron chi connectivity index (χ0n) is 14.3. The van der Waals surface area contributed by atoms with Crippen LogP contribution in [0.5, 0.6) is 0 Å². The average molecular weight is 386 g/mol. The van der Waals surface area contributed by atoms with Crippen molar-refractivity contribution in [2.24, 2.45) is 0 Å². The van der Waals surface area contributed by atoms with E-state index in [2.05, 4.69) is 16.3 Å². The molecule has 0 bridgehead atoms. The van der Waals surface area contributed by atoms with Gasteiger partial charge in [0.2, 0.25) is 11.1 Å². The van der Waals surface area contributed by atoms with E-state index in [0.717, 1.165) is 30.0 Å². The van der Waals surface area contributed by atoms with Crippen LogP contribution in [-0.4, -0.2) is 32.6 Å². The molecule has 1 aliphatic heterocycles. The van der Waals surface area contributed by atoms with Crippen LogP contribution in [-0.2, 0) is 11.2 Å². The summed E-state index contributed by atoms with van der Waals surface area (Å²) >= 11 is 2.90. The second-order valence-electron chi connectivity index (χ2n) is 6.14. The molecule has 3 aromatic rings. The first-order valence-electron chi connectivity index (χ1n) is 8.45. The monoisotopic (exact) mass is 385 g/mol. The Bertz CT molecular complexity index is 922. The second-order valence-corrected chi connectivity index (χ2v) is 8.39. The summed E-state index contributed by atoms with van der Waals surface area (Å²) in [6, 6.07) is 12.0. The zero-order valence-corrected chi connectivity index (χ0v) is 16.0. The van der Waals surface area contributed by atoms with Crippen molar-refractivity contribution in [2.45, 2.75) is 30.2 Å². The van der Waals surface area contributed by atoms with Crippen LogP contribution in [0.1, 0.15) is 18.9 Å². The number of carbonyl (C=O) groups excluding carboxylic acids is 1. The Morgan fingerprint density at radius 1 is 1.27 bits per heavy atom. The standard InChI is InChI=1S/C18H19N5OS2/c1-12(17(24)22-10-4-7-13-6-2-3-8-14(13)22)26-18-21-20-16(23(18)19)15-9-5-11-25-15/h2-3,5-6,8-9,11-12H,4,7,10,19H2,1H3/t12-/m1/s1. The lowest BCUT2D eigenvalue weighted by Gasteiger charge is -2.31. The van der Waals surface area contributed by atoms with Gasteiger partial charge in [-0.05, 0) is 42.8 Å². The molecule has 0 fully saturated rings. The molecule has 1 amide bonds. The van der Waals surface area contributed by atoms with E-state index in [1.54, 1.807) is 11.3 Å². The van der Waals surface area contributed by atoms with Crippen molar-refractivity contribution < 1.29 is 4.79 Å². The van der Waals surface area contributed by atoms with Gasteiger partial charge in [0.25, 0.3) is 0 Å². The van der Waals surface area contributed by atoms with E-state index in [1.807, 2.05) is 47.5 Å². The number of amides is 1. The van der Waals surface area contributed by atoms with Crippen LogP contribution in [0.4, 0.5) is 5.69 Å². The normalized spacial score (nSPS) is 14.9. The molecule has 1 atom stereocenters. The maximum Gasteiger partial charge on any atom is 0.240 e. The lowest BCUT2D eigenvalue weighted by atomic mass is 10.0. The molecule has 1 aromatic carbocycles. The summed E-state index contributed by atoms with van der Waals surface area (Å²) < 4.78 is 1.46. The topological polar surface area (TPSA) is 77.0 Å². The van der Waals surface area contributed by atoms with E-state index in [1.165, 1.54) is 22.0 Å². The maximum atomic E-state index is 13.0. The summed E-state index contributed by atoms with van der Waals surface area (Å²) in [6.07, 6.45) is 2.00. The highest BCUT2D eigenvalue weighted by Gasteiger charge is 2.28. The van der Waals surface area contributed by atoms with E-state index in [9.17, 15) is 4.79 Å². The van der Waals surface area contributed by atoms with Gasteiger partial charge in [-0.2, -0.15) is 0 Å². The smallest absolute Gasteiger partial charge is 0.240 e. The lowest BCUT2D eigenvalue weighted by molar-refractivity contribution is -0.117. The second kappa shape index (κ2) is 7.13. The van der Waals surface area contributed by atoms with Crippen LogP contribution in [0.3, 0.4) is 0 Å². The number of fused-ring (bicyclic) bond motifs is 1. The Morgan fingerprint density at radius 2 is 2.12 bits per heavy atom. The number of thiophene rings is 1. The molecular formula is C18H19N5OS2. The summed E-state index contributed by atoms with van der Waals surface area (Å²) in [4.78, 5) is 15.9. The number of thioether (sulfide) groups is 1. The van der Waals surface area contributed by atoms with Crippen molar-refractivity contribution in [1.29, 1.82) is 0 Å². The molecule has 2 aromatic heterocycles. The molecule has 1 aliphatic rings. The van der Waals surface area contributed by atoms with Gasteiger partial charge in [-0.25, -0.2) is 4.68 Å². The van der Waals surface area contributed by atoms with Crippen LogP contribution in [0.2, 0.25) is 0 Å². The first-order chi connectivity index (χ1) is 12.6. The Morgan fingerprint density at radius 3 is 2.92 bits per heavy atom. The molecule has 0 aliphatic carbocycles. The molecule has 0 saturated carbocycles. The minimum atomic E-state index is -0.302. The molecule has 0 unspecified atom stereocenters. The SMILES string of the molecule is C[C@@H](Sc1nnc(-c2cccs2)n1N)C(=O)N1CCCc2ccccc21. The molecule has 8 heteroatoms. The number of hydrogen-bond donors (Lipinski definition) is 1. The highest BCUT2D eigenvalue weighted by Crippen LogP contribution is 2.31. The van der Waals surface area contributed by atoms with E-state index >= 15 is 0 Å². The average Bonchev–Trinajstić information content (AvgIpc) is 3.31. The predicted molar refractivity (Wildman–Crippen MR) is 106 cm³/mol. The third kappa shape index (κ3) is 3.10. The number of hydrogen-bond acceptors (Lipinski definition) is 6. The number of aryl methyl sites for hydroxylation is 1. The minimum Gasteiger partial charge on any atom is -0.335 e. The van der Waals surface area contributed by atoms with E-state index < -0.39 is 0 Å². The lowest BCUT2D eigenvalue weighted by Crippen LogP contribution is -2.40. The number of para-hydroxylation sites is 1. The predicted octanol–water partition coefficient (Wildman–Crippen LogP) is 3.18. The molecule has 4 rings (SSSR count). The first-order valence-corrected chi connectivity index (χ1v) is 10.2. The van der Waals surface area contributed by atoms with Gasteiger partial charge in [0, 0.05) is 12.2 Å². The molecule has 0 radical (unpaired) electrons. The van der Waals surface area contributed by atoms with E-state index in [-0.39, 0.29) is 11.2 Å². The number of carbonyl (C=O) groups is 1. The van der Waals surface area contributed by atoms with Crippen LogP contribution in [0.25, 0.3) is 10.7 Å². The number of aromatic nitrogens is 3. The molecule has 6 nitrogen and oxygen atoms in total. The number of anilines is 1. The van der Waals surface area contributed by atoms with Crippen LogP contribution >= 0.6 is 23.1 Å². The van der Waals surface area contributed by atoms with Crippen LogP contribution in [0.15, 0.2) is 46.9 Å². The Hall–Kier alpha value is -2.32. The zero-order chi connectivity index (χ0) is 18.1. The number of nitrogens with zero attached hydrogens (tertiary/aromatic N) is 4. The Kier molecular flexibility index (Phi) is 4.69. The van der Waals surface area contributed by atoms with Gasteiger partial charge in [0.1, 0.15) is 0 Å². The van der Waals surface area contributed by atoms with Gasteiger partial charge < -0.3 is 10.7 Å². The third-order valence-corrected chi connectivity index (χ3v) is 6.32. The van der Waals surface area contributed by atoms with Gasteiger partial charge in [0.15, 0.2) is 5.82 Å². The van der Waals surface area contributed by atoms with E-state index in [4.69, 9.17) is 5.84 Å². The van der Waals surface area contributed by atoms with Crippen LogP contribution < -0.4 is 10.7 Å². The van der Waals surface area contributed by atoms with Gasteiger partial charge in [-0.1, -0.05) is 36.0 Å². The molecule has 26 heavy (non-hydrogen) atoms. The minimum absolute atomic E-state index is 0.0721. The quantitative estimate of drug-likeness (QED) is 0.551. The van der Waals surface area contributed by atoms with Crippen molar-refractivity contribution in [1.82, 2.24) is 14.9 Å². The number of nitrogens with two attached hydrogens (primary N) is 1. The molecule has 3 heterocycles. The van der Waals surface area contributed by atoms with Crippen molar-refractivity contribution in [3.8, 4) is 10.7 Å². The maximum absolute atomic E-state index is 13.0. The number of nitrogen functional groups attached to an aromatic ring is 1. The molecular weight excluding hydrogens is 366 g/mol. The largest absolute Gasteiger partial charge is 0.335 e. The summed E-state index contributed by atoms with van der Waals surface area (Å²) in [5.41, 5.74) is 2.25. The van der Waals surface area contributed by atoms with Crippen molar-refractivity contribution >= 4 is 34.7 Å². The Balaban J connectivity index is 1.53. The molecule has 2 N–H and O–H groups in total. The summed E-state index contributed by atoms with van der Waals surface area (Å²) in [7, 11) is 0.